The Morgan fingerprint density at radius 2 is 1.93 bits per heavy atom. The summed E-state index contributed by atoms with van der Waals surface area (Å²) in [5.41, 5.74) is 0.511. The summed E-state index contributed by atoms with van der Waals surface area (Å²) >= 11 is 12.7. The van der Waals surface area contributed by atoms with Gasteiger partial charge in [0.25, 0.3) is 11.1 Å². The molecule has 7 nitrogen and oxygen atoms in total. The molecule has 2 aromatic rings. The highest BCUT2D eigenvalue weighted by atomic mass is 35.5. The van der Waals surface area contributed by atoms with Crippen LogP contribution >= 0.6 is 35.0 Å². The second-order valence-electron chi connectivity index (χ2n) is 5.93. The Bertz CT molecular complexity index is 1070. The number of carbonyl (C=O) groups excluding carboxylic acids is 3. The van der Waals surface area contributed by atoms with Crippen molar-refractivity contribution in [2.24, 2.45) is 0 Å². The minimum atomic E-state index is -0.862. The van der Waals surface area contributed by atoms with Gasteiger partial charge in [-0.25, -0.2) is 4.79 Å². The molecule has 0 unspecified atom stereocenters. The van der Waals surface area contributed by atoms with Crippen molar-refractivity contribution in [2.75, 3.05) is 7.11 Å². The van der Waals surface area contributed by atoms with Gasteiger partial charge in [-0.05, 0) is 53.2 Å². The molecule has 10 heteroatoms. The lowest BCUT2D eigenvalue weighted by atomic mass is 10.1. The van der Waals surface area contributed by atoms with Crippen molar-refractivity contribution in [1.82, 2.24) is 4.90 Å². The molecule has 2 N–H and O–H groups in total. The first-order valence-corrected chi connectivity index (χ1v) is 9.62. The minimum absolute atomic E-state index is 0.0355. The predicted molar refractivity (Wildman–Crippen MR) is 109 cm³/mol. The van der Waals surface area contributed by atoms with Crippen LogP contribution in [0.15, 0.2) is 35.2 Å². The second kappa shape index (κ2) is 8.36. The fourth-order valence-corrected chi connectivity index (χ4v) is 3.90. The van der Waals surface area contributed by atoms with Gasteiger partial charge in [-0.1, -0.05) is 29.3 Å². The summed E-state index contributed by atoms with van der Waals surface area (Å²) in [6.07, 6.45) is 1.33. The Hall–Kier alpha value is -2.68. The van der Waals surface area contributed by atoms with Crippen LogP contribution in [0.3, 0.4) is 0 Å². The number of methoxy groups -OCH3 is 1. The van der Waals surface area contributed by atoms with E-state index in [0.29, 0.717) is 27.4 Å². The quantitative estimate of drug-likeness (QED) is 0.400. The maximum Gasteiger partial charge on any atom is 0.341 e. The van der Waals surface area contributed by atoms with Crippen LogP contribution in [0.1, 0.15) is 21.5 Å². The van der Waals surface area contributed by atoms with Gasteiger partial charge in [0.15, 0.2) is 11.5 Å². The van der Waals surface area contributed by atoms with E-state index < -0.39 is 28.6 Å². The molecule has 0 bridgehead atoms. The number of imide groups is 1. The Labute approximate surface area is 179 Å². The maximum atomic E-state index is 12.7. The number of carbonyl (C=O) groups is 3. The topological polar surface area (TPSA) is 104 Å². The molecule has 0 aliphatic carbocycles. The van der Waals surface area contributed by atoms with Gasteiger partial charge in [0.05, 0.1) is 18.6 Å². The molecule has 0 aromatic heterocycles. The van der Waals surface area contributed by atoms with Crippen LogP contribution in [0.4, 0.5) is 4.79 Å². The average molecular weight is 454 g/mol. The number of aromatic hydroxyl groups is 2. The molecule has 1 saturated heterocycles. The summed E-state index contributed by atoms with van der Waals surface area (Å²) in [4.78, 5) is 37.8. The Morgan fingerprint density at radius 1 is 1.21 bits per heavy atom. The number of amides is 2. The standard InChI is InChI=1S/C19H13Cl2NO6S/c1-28-18(26)12-4-9(5-14(23)16(12)24)6-15-17(25)22(19(27)29-15)8-10-2-3-11(20)7-13(10)21/h2-7,23-24H,8H2,1H3/b15-6-. The van der Waals surface area contributed by atoms with Gasteiger partial charge in [-0.15, -0.1) is 0 Å². The van der Waals surface area contributed by atoms with E-state index in [1.165, 1.54) is 18.2 Å². The highest BCUT2D eigenvalue weighted by molar-refractivity contribution is 8.18. The van der Waals surface area contributed by atoms with Crippen molar-refractivity contribution in [1.29, 1.82) is 0 Å². The van der Waals surface area contributed by atoms with Crippen molar-refractivity contribution in [2.45, 2.75) is 6.54 Å². The smallest absolute Gasteiger partial charge is 0.341 e. The van der Waals surface area contributed by atoms with Gasteiger partial charge < -0.3 is 14.9 Å². The van der Waals surface area contributed by atoms with Gasteiger partial charge in [-0.3, -0.25) is 14.5 Å². The number of thioether (sulfide) groups is 1. The molecule has 150 valence electrons. The molecule has 1 fully saturated rings. The van der Waals surface area contributed by atoms with E-state index >= 15 is 0 Å². The summed E-state index contributed by atoms with van der Waals surface area (Å²) in [5, 5.41) is 19.9. The van der Waals surface area contributed by atoms with Crippen LogP contribution in [-0.4, -0.2) is 39.3 Å². The van der Waals surface area contributed by atoms with Gasteiger partial charge in [0, 0.05) is 10.0 Å². The van der Waals surface area contributed by atoms with E-state index in [1.54, 1.807) is 12.1 Å². The summed E-state index contributed by atoms with van der Waals surface area (Å²) < 4.78 is 4.55. The third kappa shape index (κ3) is 4.34. The van der Waals surface area contributed by atoms with Gasteiger partial charge in [0.2, 0.25) is 0 Å². The zero-order chi connectivity index (χ0) is 21.3. The summed E-state index contributed by atoms with van der Waals surface area (Å²) in [5.74, 6) is -2.62. The second-order valence-corrected chi connectivity index (χ2v) is 7.77. The molecule has 0 spiro atoms. The normalized spacial score (nSPS) is 15.3. The number of esters is 1. The number of halogens is 2. The van der Waals surface area contributed by atoms with Crippen molar-refractivity contribution in [3.63, 3.8) is 0 Å². The number of rotatable bonds is 4. The van der Waals surface area contributed by atoms with Gasteiger partial charge in [-0.2, -0.15) is 0 Å². The molecule has 0 saturated carbocycles. The van der Waals surface area contributed by atoms with Crippen LogP contribution < -0.4 is 0 Å². The van der Waals surface area contributed by atoms with E-state index in [9.17, 15) is 24.6 Å². The largest absolute Gasteiger partial charge is 0.504 e. The molecular weight excluding hydrogens is 441 g/mol. The number of hydrogen-bond acceptors (Lipinski definition) is 7. The Balaban J connectivity index is 1.90. The van der Waals surface area contributed by atoms with Crippen molar-refractivity contribution >= 4 is 58.2 Å². The number of phenols is 2. The lowest BCUT2D eigenvalue weighted by molar-refractivity contribution is -0.123. The Morgan fingerprint density at radius 3 is 2.59 bits per heavy atom. The molecule has 1 heterocycles. The summed E-state index contributed by atoms with van der Waals surface area (Å²) in [6.45, 7) is -0.0355. The van der Waals surface area contributed by atoms with E-state index in [1.807, 2.05) is 0 Å². The maximum absolute atomic E-state index is 12.7. The van der Waals surface area contributed by atoms with E-state index in [0.717, 1.165) is 18.1 Å². The Kier molecular flexibility index (Phi) is 6.07. The minimum Gasteiger partial charge on any atom is -0.504 e. The third-order valence-corrected chi connectivity index (χ3v) is 5.53. The third-order valence-electron chi connectivity index (χ3n) is 4.03. The molecule has 2 aromatic carbocycles. The molecular formula is C19H13Cl2NO6S. The molecule has 1 aliphatic rings. The van der Waals surface area contributed by atoms with Crippen LogP contribution in [0.25, 0.3) is 6.08 Å². The summed E-state index contributed by atoms with van der Waals surface area (Å²) in [6, 6.07) is 7.14. The van der Waals surface area contributed by atoms with Crippen LogP contribution in [0.2, 0.25) is 10.0 Å². The lowest BCUT2D eigenvalue weighted by Crippen LogP contribution is -2.27. The van der Waals surface area contributed by atoms with Gasteiger partial charge in [0.1, 0.15) is 5.56 Å². The number of ether oxygens (including phenoxy) is 1. The first-order valence-electron chi connectivity index (χ1n) is 8.05. The van der Waals surface area contributed by atoms with Crippen molar-refractivity contribution in [3.8, 4) is 11.5 Å². The van der Waals surface area contributed by atoms with E-state index in [4.69, 9.17) is 23.2 Å². The average Bonchev–Trinajstić information content (AvgIpc) is 2.93. The molecule has 2 amide bonds. The van der Waals surface area contributed by atoms with E-state index in [-0.39, 0.29) is 22.6 Å². The number of benzene rings is 2. The van der Waals surface area contributed by atoms with Gasteiger partial charge >= 0.3 is 5.97 Å². The fourth-order valence-electron chi connectivity index (χ4n) is 2.60. The zero-order valence-electron chi connectivity index (χ0n) is 14.8. The highest BCUT2D eigenvalue weighted by Gasteiger charge is 2.35. The highest BCUT2D eigenvalue weighted by Crippen LogP contribution is 2.37. The molecule has 3 rings (SSSR count). The van der Waals surface area contributed by atoms with E-state index in [2.05, 4.69) is 4.74 Å². The first-order chi connectivity index (χ1) is 13.7. The number of nitrogens with zero attached hydrogens (tertiary/aromatic N) is 1. The SMILES string of the molecule is COC(=O)c1cc(/C=C2\SC(=O)N(Cc3ccc(Cl)cc3Cl)C2=O)cc(O)c1O. The van der Waals surface area contributed by atoms with Crippen LogP contribution in [-0.2, 0) is 16.1 Å². The predicted octanol–water partition coefficient (Wildman–Crippen LogP) is 4.43. The molecule has 1 aliphatic heterocycles. The van der Waals surface area contributed by atoms with Crippen LogP contribution in [0, 0.1) is 0 Å². The van der Waals surface area contributed by atoms with Crippen molar-refractivity contribution < 1.29 is 29.3 Å². The zero-order valence-corrected chi connectivity index (χ0v) is 17.1. The number of hydrogen-bond donors (Lipinski definition) is 2. The van der Waals surface area contributed by atoms with Crippen molar-refractivity contribution in [3.05, 3.63) is 62.0 Å². The molecule has 29 heavy (non-hydrogen) atoms. The summed E-state index contributed by atoms with van der Waals surface area (Å²) in [7, 11) is 1.12. The number of phenolic OH excluding ortho intramolecular Hbond substituents is 2. The molecule has 0 radical (unpaired) electrons. The first kappa shape index (κ1) is 21.0. The molecule has 0 atom stereocenters. The lowest BCUT2D eigenvalue weighted by Gasteiger charge is -2.13. The monoisotopic (exact) mass is 453 g/mol. The fraction of sp³-hybridized carbons (Fsp3) is 0.105. The van der Waals surface area contributed by atoms with Crippen LogP contribution in [0.5, 0.6) is 11.5 Å².